The number of aryl methyl sites for hydroxylation is 2. The number of aromatic amines is 1. The van der Waals surface area contributed by atoms with Gasteiger partial charge in [-0.25, -0.2) is 0 Å². The Morgan fingerprint density at radius 3 is 2.93 bits per heavy atom. The van der Waals surface area contributed by atoms with E-state index >= 15 is 0 Å². The molecule has 80 valence electrons. The smallest absolute Gasteiger partial charge is 0.177 e. The number of aromatic nitrogens is 5. The number of rotatable bonds is 3. The second-order valence-corrected chi connectivity index (χ2v) is 3.74. The van der Waals surface area contributed by atoms with E-state index in [9.17, 15) is 0 Å². The Bertz CT molecular complexity index is 507. The molecule has 2 aromatic rings. The van der Waals surface area contributed by atoms with Crippen molar-refractivity contribution < 1.29 is 0 Å². The van der Waals surface area contributed by atoms with Crippen LogP contribution in [-0.4, -0.2) is 24.3 Å². The average Bonchev–Trinajstić information content (AvgIpc) is 2.79. The minimum absolute atomic E-state index is 0.669. The lowest BCUT2D eigenvalue weighted by molar-refractivity contribution is 0.638. The largest absolute Gasteiger partial charge is 0.337 e. The first kappa shape index (κ1) is 10.1. The van der Waals surface area contributed by atoms with Crippen LogP contribution in [0, 0.1) is 11.7 Å². The molecule has 0 saturated heterocycles. The van der Waals surface area contributed by atoms with E-state index in [2.05, 4.69) is 22.1 Å². The van der Waals surface area contributed by atoms with Gasteiger partial charge in [0, 0.05) is 18.4 Å². The maximum absolute atomic E-state index is 5.18. The van der Waals surface area contributed by atoms with Crippen LogP contribution in [0.15, 0.2) is 12.5 Å². The highest BCUT2D eigenvalue weighted by Gasteiger charge is 2.06. The van der Waals surface area contributed by atoms with Gasteiger partial charge in [-0.3, -0.25) is 0 Å². The third-order valence-electron chi connectivity index (χ3n) is 2.41. The second-order valence-electron chi connectivity index (χ2n) is 3.35. The first-order chi connectivity index (χ1) is 7.22. The van der Waals surface area contributed by atoms with Crippen LogP contribution in [0.1, 0.15) is 18.4 Å². The standard InChI is InChI=1S/C9H13N5S/c1-3-13-6-11-12-8(13)5-14-7(2)4-10-9(14)15/h4,6H,3,5H2,1-2H3,(H,10,15). The summed E-state index contributed by atoms with van der Waals surface area (Å²) < 4.78 is 4.73. The number of hydrogen-bond acceptors (Lipinski definition) is 3. The van der Waals surface area contributed by atoms with Crippen molar-refractivity contribution in [1.29, 1.82) is 0 Å². The minimum atomic E-state index is 0.669. The van der Waals surface area contributed by atoms with E-state index in [-0.39, 0.29) is 0 Å². The summed E-state index contributed by atoms with van der Waals surface area (Å²) in [4.78, 5) is 3.01. The van der Waals surface area contributed by atoms with E-state index in [0.717, 1.165) is 22.8 Å². The van der Waals surface area contributed by atoms with Gasteiger partial charge in [-0.15, -0.1) is 10.2 Å². The maximum Gasteiger partial charge on any atom is 0.177 e. The summed E-state index contributed by atoms with van der Waals surface area (Å²) in [6.45, 7) is 5.62. The van der Waals surface area contributed by atoms with Crippen LogP contribution in [0.2, 0.25) is 0 Å². The van der Waals surface area contributed by atoms with E-state index in [1.807, 2.05) is 22.3 Å². The monoisotopic (exact) mass is 223 g/mol. The molecule has 0 amide bonds. The molecule has 0 aliphatic rings. The zero-order valence-electron chi connectivity index (χ0n) is 8.77. The fraction of sp³-hybridized carbons (Fsp3) is 0.444. The Balaban J connectivity index is 2.33. The van der Waals surface area contributed by atoms with Crippen molar-refractivity contribution in [3.05, 3.63) is 28.8 Å². The molecule has 2 heterocycles. The summed E-state index contributed by atoms with van der Waals surface area (Å²) in [5.74, 6) is 0.927. The van der Waals surface area contributed by atoms with Crippen molar-refractivity contribution in [3.63, 3.8) is 0 Å². The van der Waals surface area contributed by atoms with Crippen LogP contribution in [0.4, 0.5) is 0 Å². The van der Waals surface area contributed by atoms with Crippen LogP contribution in [-0.2, 0) is 13.1 Å². The zero-order valence-corrected chi connectivity index (χ0v) is 9.58. The van der Waals surface area contributed by atoms with Gasteiger partial charge in [-0.2, -0.15) is 0 Å². The van der Waals surface area contributed by atoms with Crippen LogP contribution in [0.25, 0.3) is 0 Å². The number of nitrogens with zero attached hydrogens (tertiary/aromatic N) is 4. The first-order valence-corrected chi connectivity index (χ1v) is 5.24. The Hall–Kier alpha value is -1.43. The average molecular weight is 223 g/mol. The maximum atomic E-state index is 5.18. The highest BCUT2D eigenvalue weighted by molar-refractivity contribution is 7.71. The Morgan fingerprint density at radius 1 is 1.53 bits per heavy atom. The van der Waals surface area contributed by atoms with E-state index in [4.69, 9.17) is 12.2 Å². The van der Waals surface area contributed by atoms with Crippen molar-refractivity contribution >= 4 is 12.2 Å². The zero-order chi connectivity index (χ0) is 10.8. The molecule has 0 aromatic carbocycles. The molecule has 0 unspecified atom stereocenters. The molecule has 0 aliphatic carbocycles. The van der Waals surface area contributed by atoms with Gasteiger partial charge in [0.15, 0.2) is 10.6 Å². The number of hydrogen-bond donors (Lipinski definition) is 1. The lowest BCUT2D eigenvalue weighted by Crippen LogP contribution is -2.08. The fourth-order valence-corrected chi connectivity index (χ4v) is 1.75. The molecule has 0 radical (unpaired) electrons. The fourth-order valence-electron chi connectivity index (χ4n) is 1.49. The van der Waals surface area contributed by atoms with Crippen LogP contribution in [0.3, 0.4) is 0 Å². The van der Waals surface area contributed by atoms with Gasteiger partial charge in [0.25, 0.3) is 0 Å². The summed E-state index contributed by atoms with van der Waals surface area (Å²) in [5.41, 5.74) is 1.10. The van der Waals surface area contributed by atoms with Crippen molar-refractivity contribution in [2.45, 2.75) is 26.9 Å². The summed E-state index contributed by atoms with van der Waals surface area (Å²) in [6.07, 6.45) is 3.63. The normalized spacial score (nSPS) is 10.8. The molecular formula is C9H13N5S. The van der Waals surface area contributed by atoms with Gasteiger partial charge >= 0.3 is 0 Å². The van der Waals surface area contributed by atoms with E-state index < -0.39 is 0 Å². The van der Waals surface area contributed by atoms with Crippen molar-refractivity contribution in [1.82, 2.24) is 24.3 Å². The molecule has 0 fully saturated rings. The van der Waals surface area contributed by atoms with Gasteiger partial charge in [0.05, 0.1) is 6.54 Å². The van der Waals surface area contributed by atoms with Crippen LogP contribution < -0.4 is 0 Å². The molecule has 2 rings (SSSR count). The predicted octanol–water partition coefficient (Wildman–Crippen LogP) is 1.51. The number of H-pyrrole nitrogens is 1. The summed E-state index contributed by atoms with van der Waals surface area (Å²) in [6, 6.07) is 0. The van der Waals surface area contributed by atoms with Gasteiger partial charge in [-0.1, -0.05) is 0 Å². The summed E-state index contributed by atoms with van der Waals surface area (Å²) in [7, 11) is 0. The third-order valence-corrected chi connectivity index (χ3v) is 2.75. The van der Waals surface area contributed by atoms with Crippen molar-refractivity contribution in [3.8, 4) is 0 Å². The Kier molecular flexibility index (Phi) is 2.68. The molecule has 15 heavy (non-hydrogen) atoms. The van der Waals surface area contributed by atoms with Crippen molar-refractivity contribution in [2.75, 3.05) is 0 Å². The molecular weight excluding hydrogens is 210 g/mol. The number of imidazole rings is 1. The summed E-state index contributed by atoms with van der Waals surface area (Å²) in [5, 5.41) is 7.96. The molecule has 0 bridgehead atoms. The Morgan fingerprint density at radius 2 is 2.33 bits per heavy atom. The third kappa shape index (κ3) is 1.85. The van der Waals surface area contributed by atoms with E-state index in [0.29, 0.717) is 6.54 Å². The highest BCUT2D eigenvalue weighted by Crippen LogP contribution is 2.04. The van der Waals surface area contributed by atoms with Gasteiger partial charge in [0.2, 0.25) is 0 Å². The molecule has 0 atom stereocenters. The van der Waals surface area contributed by atoms with E-state index in [1.165, 1.54) is 0 Å². The van der Waals surface area contributed by atoms with Crippen LogP contribution in [0.5, 0.6) is 0 Å². The molecule has 0 spiro atoms. The predicted molar refractivity (Wildman–Crippen MR) is 59.2 cm³/mol. The second kappa shape index (κ2) is 3.98. The SMILES string of the molecule is CCn1cnnc1Cn1c(C)c[nH]c1=S. The van der Waals surface area contributed by atoms with Crippen molar-refractivity contribution in [2.24, 2.45) is 0 Å². The number of nitrogens with one attached hydrogen (secondary N) is 1. The topological polar surface area (TPSA) is 51.4 Å². The minimum Gasteiger partial charge on any atom is -0.337 e. The van der Waals surface area contributed by atoms with Crippen LogP contribution >= 0.6 is 12.2 Å². The highest BCUT2D eigenvalue weighted by atomic mass is 32.1. The van der Waals surface area contributed by atoms with Gasteiger partial charge in [-0.05, 0) is 26.1 Å². The molecule has 2 aromatic heterocycles. The molecule has 0 saturated carbocycles. The Labute approximate surface area is 92.8 Å². The van der Waals surface area contributed by atoms with Gasteiger partial charge in [0.1, 0.15) is 6.33 Å². The molecule has 6 heteroatoms. The lowest BCUT2D eigenvalue weighted by Gasteiger charge is -2.05. The lowest BCUT2D eigenvalue weighted by atomic mass is 10.5. The molecule has 1 N–H and O–H groups in total. The quantitative estimate of drug-likeness (QED) is 0.802. The summed E-state index contributed by atoms with van der Waals surface area (Å²) >= 11 is 5.18. The first-order valence-electron chi connectivity index (χ1n) is 4.84. The molecule has 5 nitrogen and oxygen atoms in total. The van der Waals surface area contributed by atoms with Gasteiger partial charge < -0.3 is 14.1 Å². The van der Waals surface area contributed by atoms with E-state index in [1.54, 1.807) is 6.33 Å². The molecule has 0 aliphatic heterocycles.